The lowest BCUT2D eigenvalue weighted by molar-refractivity contribution is -0.116. The van der Waals surface area contributed by atoms with Crippen LogP contribution in [0.1, 0.15) is 42.6 Å². The molecule has 0 aliphatic carbocycles. The summed E-state index contributed by atoms with van der Waals surface area (Å²) in [6.45, 7) is 5.69. The molecule has 0 saturated heterocycles. The van der Waals surface area contributed by atoms with Crippen LogP contribution in [0.5, 0.6) is 5.75 Å². The standard InChI is InChI=1S/C21H24F2N2O3/c1-13(2)24-21(27)17-12-16(8-6-14(17)3)25-20(26)5-4-10-28-19-9-7-15(22)11-18(19)23/h6-9,11-13H,4-5,10H2,1-3H3,(H,24,27)(H,25,26). The molecule has 0 radical (unpaired) electrons. The number of ether oxygens (including phenoxy) is 1. The third-order valence-corrected chi connectivity index (χ3v) is 3.89. The van der Waals surface area contributed by atoms with Crippen molar-refractivity contribution in [2.24, 2.45) is 0 Å². The molecule has 0 bridgehead atoms. The Morgan fingerprint density at radius 2 is 1.86 bits per heavy atom. The first-order valence-corrected chi connectivity index (χ1v) is 9.05. The molecule has 0 aliphatic heterocycles. The molecular formula is C21H24F2N2O3. The highest BCUT2D eigenvalue weighted by Gasteiger charge is 2.12. The number of aryl methyl sites for hydroxylation is 1. The minimum atomic E-state index is -0.781. The second-order valence-electron chi connectivity index (χ2n) is 6.73. The van der Waals surface area contributed by atoms with E-state index in [4.69, 9.17) is 4.74 Å². The predicted molar refractivity (Wildman–Crippen MR) is 103 cm³/mol. The number of hydrogen-bond donors (Lipinski definition) is 2. The summed E-state index contributed by atoms with van der Waals surface area (Å²) in [4.78, 5) is 24.3. The van der Waals surface area contributed by atoms with Crippen LogP contribution in [-0.4, -0.2) is 24.5 Å². The van der Waals surface area contributed by atoms with Crippen molar-refractivity contribution in [3.05, 3.63) is 59.2 Å². The zero-order chi connectivity index (χ0) is 20.7. The number of carbonyl (C=O) groups excluding carboxylic acids is 2. The topological polar surface area (TPSA) is 67.4 Å². The van der Waals surface area contributed by atoms with E-state index in [1.54, 1.807) is 18.2 Å². The van der Waals surface area contributed by atoms with Crippen molar-refractivity contribution in [1.29, 1.82) is 0 Å². The Labute approximate surface area is 163 Å². The molecule has 0 spiro atoms. The van der Waals surface area contributed by atoms with Crippen molar-refractivity contribution in [3.63, 3.8) is 0 Å². The van der Waals surface area contributed by atoms with Crippen molar-refractivity contribution in [2.75, 3.05) is 11.9 Å². The second kappa shape index (κ2) is 9.82. The van der Waals surface area contributed by atoms with Gasteiger partial charge >= 0.3 is 0 Å². The molecule has 7 heteroatoms. The highest BCUT2D eigenvalue weighted by Crippen LogP contribution is 2.18. The van der Waals surface area contributed by atoms with Gasteiger partial charge in [-0.2, -0.15) is 0 Å². The lowest BCUT2D eigenvalue weighted by Gasteiger charge is -2.12. The molecule has 0 unspecified atom stereocenters. The molecule has 2 N–H and O–H groups in total. The van der Waals surface area contributed by atoms with Gasteiger partial charge in [-0.1, -0.05) is 6.07 Å². The van der Waals surface area contributed by atoms with Gasteiger partial charge in [-0.15, -0.1) is 0 Å². The Balaban J connectivity index is 1.85. The number of rotatable bonds is 8. The van der Waals surface area contributed by atoms with Crippen molar-refractivity contribution >= 4 is 17.5 Å². The van der Waals surface area contributed by atoms with Crippen molar-refractivity contribution in [2.45, 2.75) is 39.7 Å². The van der Waals surface area contributed by atoms with Gasteiger partial charge in [0.25, 0.3) is 5.91 Å². The normalized spacial score (nSPS) is 10.6. The van der Waals surface area contributed by atoms with Gasteiger partial charge in [-0.25, -0.2) is 8.78 Å². The Bertz CT molecular complexity index is 854. The third-order valence-electron chi connectivity index (χ3n) is 3.89. The van der Waals surface area contributed by atoms with Crippen LogP contribution in [0.3, 0.4) is 0 Å². The first kappa shape index (κ1) is 21.3. The first-order chi connectivity index (χ1) is 13.3. The van der Waals surface area contributed by atoms with Crippen LogP contribution in [0.25, 0.3) is 0 Å². The Morgan fingerprint density at radius 3 is 2.54 bits per heavy atom. The SMILES string of the molecule is Cc1ccc(NC(=O)CCCOc2ccc(F)cc2F)cc1C(=O)NC(C)C. The van der Waals surface area contributed by atoms with E-state index in [-0.39, 0.29) is 36.6 Å². The molecule has 150 valence electrons. The number of carbonyl (C=O) groups is 2. The Kier molecular flexibility index (Phi) is 7.49. The molecule has 0 aromatic heterocycles. The summed E-state index contributed by atoms with van der Waals surface area (Å²) in [5.41, 5.74) is 1.84. The van der Waals surface area contributed by atoms with Crippen LogP contribution in [0.2, 0.25) is 0 Å². The average molecular weight is 390 g/mol. The molecule has 0 fully saturated rings. The summed E-state index contributed by atoms with van der Waals surface area (Å²) < 4.78 is 31.5. The lowest BCUT2D eigenvalue weighted by atomic mass is 10.1. The van der Waals surface area contributed by atoms with Crippen molar-refractivity contribution in [3.8, 4) is 5.75 Å². The molecule has 5 nitrogen and oxygen atoms in total. The molecule has 2 amide bonds. The summed E-state index contributed by atoms with van der Waals surface area (Å²) in [6.07, 6.45) is 0.513. The van der Waals surface area contributed by atoms with Gasteiger partial charge in [0.05, 0.1) is 6.61 Å². The fourth-order valence-corrected chi connectivity index (χ4v) is 2.51. The molecule has 0 atom stereocenters. The van der Waals surface area contributed by atoms with Crippen LogP contribution in [0.4, 0.5) is 14.5 Å². The quantitative estimate of drug-likeness (QED) is 0.664. The molecule has 28 heavy (non-hydrogen) atoms. The molecule has 0 aliphatic rings. The van der Waals surface area contributed by atoms with Crippen LogP contribution in [0, 0.1) is 18.6 Å². The van der Waals surface area contributed by atoms with Crippen LogP contribution in [0.15, 0.2) is 36.4 Å². The van der Waals surface area contributed by atoms with E-state index in [9.17, 15) is 18.4 Å². The summed E-state index contributed by atoms with van der Waals surface area (Å²) >= 11 is 0. The van der Waals surface area contributed by atoms with Crippen LogP contribution < -0.4 is 15.4 Å². The molecule has 0 heterocycles. The molecule has 2 aromatic carbocycles. The summed E-state index contributed by atoms with van der Waals surface area (Å²) in [5.74, 6) is -1.96. The van der Waals surface area contributed by atoms with Gasteiger partial charge in [-0.05, 0) is 57.0 Å². The predicted octanol–water partition coefficient (Wildman–Crippen LogP) is 4.21. The monoisotopic (exact) mass is 390 g/mol. The Morgan fingerprint density at radius 1 is 1.11 bits per heavy atom. The highest BCUT2D eigenvalue weighted by molar-refractivity contribution is 5.98. The fourth-order valence-electron chi connectivity index (χ4n) is 2.51. The summed E-state index contributed by atoms with van der Waals surface area (Å²) in [6, 6.07) is 8.20. The number of anilines is 1. The number of benzene rings is 2. The maximum Gasteiger partial charge on any atom is 0.251 e. The number of halogens is 2. The number of amides is 2. The van der Waals surface area contributed by atoms with E-state index in [1.165, 1.54) is 6.07 Å². The van der Waals surface area contributed by atoms with Gasteiger partial charge in [0.1, 0.15) is 5.82 Å². The maximum atomic E-state index is 13.5. The van der Waals surface area contributed by atoms with E-state index >= 15 is 0 Å². The molecule has 2 rings (SSSR count). The zero-order valence-electron chi connectivity index (χ0n) is 16.1. The number of hydrogen-bond acceptors (Lipinski definition) is 3. The van der Waals surface area contributed by atoms with E-state index < -0.39 is 11.6 Å². The number of nitrogens with one attached hydrogen (secondary N) is 2. The van der Waals surface area contributed by atoms with Crippen molar-refractivity contribution in [1.82, 2.24) is 5.32 Å². The lowest BCUT2D eigenvalue weighted by Crippen LogP contribution is -2.30. The fraction of sp³-hybridized carbons (Fsp3) is 0.333. The minimum absolute atomic E-state index is 0.0103. The van der Waals surface area contributed by atoms with E-state index in [2.05, 4.69) is 10.6 Å². The van der Waals surface area contributed by atoms with E-state index in [0.717, 1.165) is 17.7 Å². The van der Waals surface area contributed by atoms with Crippen LogP contribution >= 0.6 is 0 Å². The van der Waals surface area contributed by atoms with E-state index in [0.29, 0.717) is 17.7 Å². The largest absolute Gasteiger partial charge is 0.491 e. The summed E-state index contributed by atoms with van der Waals surface area (Å²) in [7, 11) is 0. The average Bonchev–Trinajstić information content (AvgIpc) is 2.61. The Hall–Kier alpha value is -2.96. The minimum Gasteiger partial charge on any atom is -0.491 e. The molecule has 0 saturated carbocycles. The molecule has 2 aromatic rings. The van der Waals surface area contributed by atoms with Gasteiger partial charge in [0.15, 0.2) is 11.6 Å². The highest BCUT2D eigenvalue weighted by atomic mass is 19.1. The summed E-state index contributed by atoms with van der Waals surface area (Å²) in [5, 5.41) is 5.56. The third kappa shape index (κ3) is 6.33. The smallest absolute Gasteiger partial charge is 0.251 e. The zero-order valence-corrected chi connectivity index (χ0v) is 16.1. The van der Waals surface area contributed by atoms with E-state index in [1.807, 2.05) is 20.8 Å². The van der Waals surface area contributed by atoms with Gasteiger partial charge in [0.2, 0.25) is 5.91 Å². The first-order valence-electron chi connectivity index (χ1n) is 9.05. The second-order valence-corrected chi connectivity index (χ2v) is 6.73. The van der Waals surface area contributed by atoms with Gasteiger partial charge < -0.3 is 15.4 Å². The maximum absolute atomic E-state index is 13.5. The molecular weight excluding hydrogens is 366 g/mol. The van der Waals surface area contributed by atoms with Gasteiger partial charge in [0, 0.05) is 29.8 Å². The van der Waals surface area contributed by atoms with Gasteiger partial charge in [-0.3, -0.25) is 9.59 Å². The van der Waals surface area contributed by atoms with Crippen LogP contribution in [-0.2, 0) is 4.79 Å². The van der Waals surface area contributed by atoms with Crippen molar-refractivity contribution < 1.29 is 23.1 Å².